The van der Waals surface area contributed by atoms with Gasteiger partial charge in [0.15, 0.2) is 0 Å². The van der Waals surface area contributed by atoms with Crippen molar-refractivity contribution in [2.24, 2.45) is 20.0 Å². The molecule has 0 aromatic heterocycles. The van der Waals surface area contributed by atoms with Gasteiger partial charge in [-0.05, 0) is 122 Å². The van der Waals surface area contributed by atoms with Gasteiger partial charge in [0.25, 0.3) is 0 Å². The van der Waals surface area contributed by atoms with E-state index in [1.165, 1.54) is 57.4 Å². The maximum absolute atomic E-state index is 5.54. The van der Waals surface area contributed by atoms with Gasteiger partial charge in [-0.3, -0.25) is 0 Å². The van der Waals surface area contributed by atoms with E-state index in [-0.39, 0.29) is 0 Å². The van der Waals surface area contributed by atoms with Crippen LogP contribution in [0.5, 0.6) is 0 Å². The Labute approximate surface area is 271 Å². The molecule has 6 heterocycles. The van der Waals surface area contributed by atoms with E-state index >= 15 is 0 Å². The second kappa shape index (κ2) is 14.8. The fourth-order valence-corrected chi connectivity index (χ4v) is 7.43. The summed E-state index contributed by atoms with van der Waals surface area (Å²) in [5.41, 5.74) is 19.3. The lowest BCUT2D eigenvalue weighted by Gasteiger charge is -2.14. The minimum Gasteiger partial charge on any atom is -0.381 e. The molecule has 6 aliphatic rings. The smallest absolute Gasteiger partial charge is 0.0726 e. The summed E-state index contributed by atoms with van der Waals surface area (Å²) in [6.45, 7) is 20.1. The third-order valence-corrected chi connectivity index (χ3v) is 9.59. The normalized spacial score (nSPS) is 21.0. The molecule has 1 fully saturated rings. The minimum atomic E-state index is 0.896. The summed E-state index contributed by atoms with van der Waals surface area (Å²) in [5.74, 6) is 0. The minimum absolute atomic E-state index is 0.896. The number of allylic oxidation sites excluding steroid dienone is 12. The van der Waals surface area contributed by atoms with Crippen LogP contribution in [0.15, 0.2) is 112 Å². The van der Waals surface area contributed by atoms with Crippen LogP contribution in [0, 0.1) is 0 Å². The zero-order valence-electron chi connectivity index (χ0n) is 29.0. The van der Waals surface area contributed by atoms with Crippen LogP contribution in [0.4, 0.5) is 0 Å². The number of ether oxygens (including phenoxy) is 1. The topological polar surface area (TPSA) is 58.7 Å². The predicted molar refractivity (Wildman–Crippen MR) is 193 cm³/mol. The first kappa shape index (κ1) is 32.9. The predicted octanol–water partition coefficient (Wildman–Crippen LogP) is 10.6. The SMILES string of the molecule is C1CCOC1.CCC1=C(CC)C2=NC1=CC1=NC(=CC3=NC(=C(CC)C4=NC(=C2CC)C(CC)=C4CC)C(CC)=C3CC)C=C1. The molecular weight excluding hydrogens is 552 g/mol. The first-order valence-electron chi connectivity index (χ1n) is 17.7. The summed E-state index contributed by atoms with van der Waals surface area (Å²) in [4.78, 5) is 21.2. The van der Waals surface area contributed by atoms with Crippen molar-refractivity contribution in [3.63, 3.8) is 0 Å². The fourth-order valence-electron chi connectivity index (χ4n) is 7.43. The Morgan fingerprint density at radius 2 is 1.00 bits per heavy atom. The first-order chi connectivity index (χ1) is 22.0. The molecule has 0 aliphatic carbocycles. The molecule has 0 aromatic rings. The van der Waals surface area contributed by atoms with E-state index in [0.717, 1.165) is 110 Å². The molecule has 0 atom stereocenters. The highest BCUT2D eigenvalue weighted by atomic mass is 16.5. The van der Waals surface area contributed by atoms with Crippen LogP contribution in [0.25, 0.3) is 0 Å². The van der Waals surface area contributed by atoms with E-state index in [4.69, 9.17) is 24.7 Å². The molecule has 0 saturated carbocycles. The van der Waals surface area contributed by atoms with E-state index < -0.39 is 0 Å². The van der Waals surface area contributed by atoms with E-state index in [1.54, 1.807) is 0 Å². The second-order valence-corrected chi connectivity index (χ2v) is 12.1. The number of hydrogen-bond donors (Lipinski definition) is 0. The number of fused-ring (bicyclic) bond motifs is 4. The van der Waals surface area contributed by atoms with Gasteiger partial charge in [-0.1, -0.05) is 55.4 Å². The maximum atomic E-state index is 5.54. The third kappa shape index (κ3) is 6.21. The summed E-state index contributed by atoms with van der Waals surface area (Å²) < 4.78 is 4.94. The van der Waals surface area contributed by atoms with Crippen molar-refractivity contribution >= 4 is 22.8 Å². The van der Waals surface area contributed by atoms with Crippen LogP contribution in [0.1, 0.15) is 120 Å². The average molecular weight is 605 g/mol. The zero-order chi connectivity index (χ0) is 32.1. The van der Waals surface area contributed by atoms with Gasteiger partial charge in [0, 0.05) is 24.4 Å². The van der Waals surface area contributed by atoms with Gasteiger partial charge < -0.3 is 4.74 Å². The maximum Gasteiger partial charge on any atom is 0.0726 e. The molecule has 0 unspecified atom stereocenters. The van der Waals surface area contributed by atoms with Crippen LogP contribution in [-0.2, 0) is 4.74 Å². The Kier molecular flexibility index (Phi) is 10.8. The van der Waals surface area contributed by atoms with Crippen molar-refractivity contribution in [1.82, 2.24) is 0 Å². The van der Waals surface area contributed by atoms with Gasteiger partial charge in [-0.2, -0.15) is 0 Å². The molecule has 5 heteroatoms. The summed E-state index contributed by atoms with van der Waals surface area (Å²) in [6.07, 6.45) is 18.7. The Bertz CT molecular complexity index is 1610. The quantitative estimate of drug-likeness (QED) is 0.272. The van der Waals surface area contributed by atoms with Crippen molar-refractivity contribution in [3.05, 3.63) is 91.7 Å². The summed E-state index contributed by atoms with van der Waals surface area (Å²) in [6, 6.07) is 0. The molecule has 8 bridgehead atoms. The lowest BCUT2D eigenvalue weighted by atomic mass is 9.88. The number of aliphatic imine (C=N–C) groups is 4. The molecule has 6 rings (SSSR count). The average Bonchev–Trinajstić information content (AvgIpc) is 3.89. The molecule has 0 spiro atoms. The Balaban J connectivity index is 0.000000729. The number of nitrogens with zero attached hydrogens (tertiary/aromatic N) is 4. The molecule has 0 radical (unpaired) electrons. The molecule has 0 amide bonds. The Hall–Kier alpha value is -3.44. The van der Waals surface area contributed by atoms with Crippen molar-refractivity contribution in [1.29, 1.82) is 0 Å². The summed E-state index contributed by atoms with van der Waals surface area (Å²) in [5, 5.41) is 0. The molecule has 5 nitrogen and oxygen atoms in total. The third-order valence-electron chi connectivity index (χ3n) is 9.59. The van der Waals surface area contributed by atoms with Crippen LogP contribution < -0.4 is 0 Å². The Morgan fingerprint density at radius 1 is 0.489 bits per heavy atom. The fraction of sp³-hybridized carbons (Fsp3) is 0.500. The standard InChI is InChI=1S/C36H44N4.C4H8O/c1-9-23-25(11-3)33-29(15-7)35-27(13-5)28(14-6)36(40-35)30(16-8)34-26(12-4)24(10-2)32(39-34)20-22-18-17-21(37-22)19-31(23)38-33;1-2-4-5-3-1/h17-20H,9-16H2,1-8H3;1-4H2. The molecule has 1 saturated heterocycles. The monoisotopic (exact) mass is 604 g/mol. The molecule has 0 N–H and O–H groups in total. The Morgan fingerprint density at radius 3 is 1.53 bits per heavy atom. The largest absolute Gasteiger partial charge is 0.381 e. The van der Waals surface area contributed by atoms with Crippen LogP contribution in [0.2, 0.25) is 0 Å². The highest BCUT2D eigenvalue weighted by Crippen LogP contribution is 2.43. The van der Waals surface area contributed by atoms with Crippen LogP contribution in [0.3, 0.4) is 0 Å². The number of hydrogen-bond acceptors (Lipinski definition) is 5. The van der Waals surface area contributed by atoms with Gasteiger partial charge in [0.2, 0.25) is 0 Å². The van der Waals surface area contributed by atoms with Crippen LogP contribution in [-0.4, -0.2) is 36.1 Å². The molecule has 238 valence electrons. The van der Waals surface area contributed by atoms with E-state index in [0.29, 0.717) is 0 Å². The summed E-state index contributed by atoms with van der Waals surface area (Å²) in [7, 11) is 0. The van der Waals surface area contributed by atoms with Gasteiger partial charge >= 0.3 is 0 Å². The summed E-state index contributed by atoms with van der Waals surface area (Å²) >= 11 is 0. The van der Waals surface area contributed by atoms with Gasteiger partial charge in [-0.25, -0.2) is 20.0 Å². The number of rotatable bonds is 8. The van der Waals surface area contributed by atoms with Crippen molar-refractivity contribution in [2.75, 3.05) is 13.2 Å². The highest BCUT2D eigenvalue weighted by Gasteiger charge is 2.33. The molecule has 45 heavy (non-hydrogen) atoms. The molecule has 0 aromatic carbocycles. The van der Waals surface area contributed by atoms with Gasteiger partial charge in [0.05, 0.1) is 45.6 Å². The van der Waals surface area contributed by atoms with E-state index in [2.05, 4.69) is 79.7 Å². The van der Waals surface area contributed by atoms with E-state index in [1.807, 2.05) is 0 Å². The van der Waals surface area contributed by atoms with Crippen molar-refractivity contribution in [3.8, 4) is 0 Å². The lowest BCUT2D eigenvalue weighted by molar-refractivity contribution is 0.198. The van der Waals surface area contributed by atoms with Gasteiger partial charge in [0.1, 0.15) is 0 Å². The zero-order valence-corrected chi connectivity index (χ0v) is 29.0. The lowest BCUT2D eigenvalue weighted by Crippen LogP contribution is -2.07. The van der Waals surface area contributed by atoms with Gasteiger partial charge in [-0.15, -0.1) is 0 Å². The van der Waals surface area contributed by atoms with E-state index in [9.17, 15) is 0 Å². The van der Waals surface area contributed by atoms with Crippen LogP contribution >= 0.6 is 0 Å². The van der Waals surface area contributed by atoms with Crippen molar-refractivity contribution in [2.45, 2.75) is 120 Å². The first-order valence-corrected chi connectivity index (χ1v) is 17.7. The van der Waals surface area contributed by atoms with Crippen molar-refractivity contribution < 1.29 is 4.74 Å². The molecular formula is C40H52N4O. The highest BCUT2D eigenvalue weighted by molar-refractivity contribution is 6.22. The molecule has 6 aliphatic heterocycles. The second-order valence-electron chi connectivity index (χ2n) is 12.1.